The molecule has 0 saturated carbocycles. The smallest absolute Gasteiger partial charge is 0.108 e. The molecule has 0 spiro atoms. The summed E-state index contributed by atoms with van der Waals surface area (Å²) in [5, 5.41) is 5.60. The zero-order chi connectivity index (χ0) is 34.3. The summed E-state index contributed by atoms with van der Waals surface area (Å²) < 4.78 is 0. The first-order chi connectivity index (χ1) is 25.3. The molecule has 0 amide bonds. The fraction of sp³-hybridized carbons (Fsp3) is 0.208. The highest BCUT2D eigenvalue weighted by atomic mass is 15.4. The molecule has 51 heavy (non-hydrogen) atoms. The van der Waals surface area contributed by atoms with E-state index in [4.69, 9.17) is 0 Å². The van der Waals surface area contributed by atoms with Crippen molar-refractivity contribution >= 4 is 49.5 Å². The fourth-order valence-electron chi connectivity index (χ4n) is 9.24. The van der Waals surface area contributed by atoms with Gasteiger partial charge in [-0.3, -0.25) is 9.80 Å². The Bertz CT molecular complexity index is 1930. The van der Waals surface area contributed by atoms with Gasteiger partial charge in [0.05, 0.1) is 6.17 Å². The summed E-state index contributed by atoms with van der Waals surface area (Å²) in [4.78, 5) is 5.52. The van der Waals surface area contributed by atoms with E-state index in [2.05, 4.69) is 186 Å². The summed E-state index contributed by atoms with van der Waals surface area (Å²) in [5.74, 6) is 0. The Balaban J connectivity index is 0.000000147. The van der Waals surface area contributed by atoms with Gasteiger partial charge < -0.3 is 0 Å². The summed E-state index contributed by atoms with van der Waals surface area (Å²) in [6.07, 6.45) is 6.23. The van der Waals surface area contributed by atoms with Crippen LogP contribution < -0.4 is 21.9 Å². The van der Waals surface area contributed by atoms with Gasteiger partial charge in [0.25, 0.3) is 0 Å². The molecule has 2 aliphatic heterocycles. The highest BCUT2D eigenvalue weighted by molar-refractivity contribution is 7.19. The van der Waals surface area contributed by atoms with Crippen LogP contribution in [0.5, 0.6) is 0 Å². The molecule has 2 fully saturated rings. The lowest BCUT2D eigenvalue weighted by molar-refractivity contribution is 0.000142. The molecule has 2 aliphatic rings. The number of fused-ring (bicyclic) bond motifs is 3. The maximum absolute atomic E-state index is 2.77. The second-order valence-corrected chi connectivity index (χ2v) is 14.5. The first-order valence-electron chi connectivity index (χ1n) is 19.1. The van der Waals surface area contributed by atoms with E-state index in [-0.39, 0.29) is 0 Å². The average molecular weight is 664 g/mol. The summed E-state index contributed by atoms with van der Waals surface area (Å²) in [5.41, 5.74) is 6.87. The van der Waals surface area contributed by atoms with Gasteiger partial charge in [-0.15, -0.1) is 0 Å². The predicted molar refractivity (Wildman–Crippen MR) is 220 cm³/mol. The second-order valence-electron chi connectivity index (χ2n) is 14.5. The molecule has 0 aromatic heterocycles. The third-order valence-electron chi connectivity index (χ3n) is 11.6. The molecule has 0 bridgehead atoms. The highest BCUT2D eigenvalue weighted by Gasteiger charge is 2.32. The Morgan fingerprint density at radius 3 is 1.35 bits per heavy atom. The van der Waals surface area contributed by atoms with E-state index in [0.717, 1.165) is 6.54 Å². The van der Waals surface area contributed by atoms with Crippen LogP contribution in [0.1, 0.15) is 37.7 Å². The van der Waals surface area contributed by atoms with Crippen LogP contribution >= 0.6 is 0 Å². The lowest BCUT2D eigenvalue weighted by atomic mass is 9.13. The minimum atomic E-state index is -1.22. The average Bonchev–Trinajstić information content (AvgIpc) is 3.47. The van der Waals surface area contributed by atoms with Crippen LogP contribution in [0.2, 0.25) is 0 Å². The largest absolute Gasteiger partial charge is 0.288 e. The Morgan fingerprint density at radius 1 is 0.431 bits per heavy atom. The molecule has 0 aliphatic carbocycles. The van der Waals surface area contributed by atoms with Gasteiger partial charge in [-0.05, 0) is 59.0 Å². The van der Waals surface area contributed by atoms with Crippen molar-refractivity contribution in [2.24, 2.45) is 0 Å². The summed E-state index contributed by atoms with van der Waals surface area (Å²) in [7, 11) is 0. The van der Waals surface area contributed by atoms with Gasteiger partial charge in [-0.25, -0.2) is 0 Å². The van der Waals surface area contributed by atoms with Crippen molar-refractivity contribution in [1.29, 1.82) is 0 Å². The summed E-state index contributed by atoms with van der Waals surface area (Å²) >= 11 is 0. The number of rotatable bonds is 6. The second kappa shape index (κ2) is 15.5. The fourth-order valence-corrected chi connectivity index (χ4v) is 9.24. The monoisotopic (exact) mass is 663 g/mol. The molecular formula is C48H48BN2-. The Kier molecular flexibility index (Phi) is 10.1. The van der Waals surface area contributed by atoms with E-state index in [1.807, 2.05) is 0 Å². The predicted octanol–water partition coefficient (Wildman–Crippen LogP) is 8.46. The molecule has 1 unspecified atom stereocenters. The SMILES string of the molecule is c1ccc([B-](c2ccccc2)(c2ccccc2)c2ccccc2)cc1.c1ccc2c(CN3CCCN4CCCCCC43)c3ccccc3cc2c1. The summed E-state index contributed by atoms with van der Waals surface area (Å²) in [6.45, 7) is 4.89. The Hall–Kier alpha value is -4.96. The first kappa shape index (κ1) is 33.2. The van der Waals surface area contributed by atoms with Crippen molar-refractivity contribution in [2.45, 2.75) is 44.8 Å². The topological polar surface area (TPSA) is 6.48 Å². The van der Waals surface area contributed by atoms with Crippen LogP contribution in [0, 0.1) is 0 Å². The van der Waals surface area contributed by atoms with Crippen molar-refractivity contribution < 1.29 is 0 Å². The third-order valence-corrected chi connectivity index (χ3v) is 11.6. The number of hydrogen-bond acceptors (Lipinski definition) is 2. The van der Waals surface area contributed by atoms with Gasteiger partial charge in [0.15, 0.2) is 0 Å². The molecule has 0 N–H and O–H groups in total. The lowest BCUT2D eigenvalue weighted by Gasteiger charge is -2.44. The molecule has 1 atom stereocenters. The molecule has 2 nitrogen and oxygen atoms in total. The maximum atomic E-state index is 2.77. The third kappa shape index (κ3) is 6.77. The van der Waals surface area contributed by atoms with Crippen LogP contribution in [-0.2, 0) is 6.54 Å². The highest BCUT2D eigenvalue weighted by Crippen LogP contribution is 2.32. The molecule has 254 valence electrons. The van der Waals surface area contributed by atoms with Crippen molar-refractivity contribution in [2.75, 3.05) is 19.6 Å². The molecule has 9 rings (SSSR count). The van der Waals surface area contributed by atoms with Crippen molar-refractivity contribution in [3.05, 3.63) is 181 Å². The van der Waals surface area contributed by atoms with Gasteiger partial charge in [0, 0.05) is 19.6 Å². The number of hydrogen-bond donors (Lipinski definition) is 0. The van der Waals surface area contributed by atoms with Crippen LogP contribution in [0.4, 0.5) is 0 Å². The zero-order valence-corrected chi connectivity index (χ0v) is 29.7. The minimum Gasteiger partial charge on any atom is -0.288 e. The molecular weight excluding hydrogens is 615 g/mol. The van der Waals surface area contributed by atoms with Gasteiger partial charge in [0.1, 0.15) is 6.15 Å². The molecule has 7 aromatic rings. The van der Waals surface area contributed by atoms with E-state index >= 15 is 0 Å². The van der Waals surface area contributed by atoms with Crippen molar-refractivity contribution in [3.63, 3.8) is 0 Å². The van der Waals surface area contributed by atoms with Gasteiger partial charge in [-0.2, -0.15) is 21.9 Å². The standard InChI is InChI=1S/C24H20B.C24H28N2/c1-5-13-21(14-6-1)25(22-15-7-2-8-16-22,23-17-9-3-10-18-23)24-19-11-4-12-20-24;1-2-13-24-25(14-7-1)15-8-16-26(24)18-23-21-11-5-3-9-19(21)17-20-10-4-6-12-22(20)23/h1-20H;3-6,9-12,17,24H,1-2,7-8,13-16,18H2/q-1;. The molecule has 3 heteroatoms. The Labute approximate surface area is 304 Å². The molecule has 0 radical (unpaired) electrons. The first-order valence-corrected chi connectivity index (χ1v) is 19.1. The number of nitrogens with zero attached hydrogens (tertiary/aromatic N) is 2. The lowest BCUT2D eigenvalue weighted by Crippen LogP contribution is -2.74. The summed E-state index contributed by atoms with van der Waals surface area (Å²) in [6, 6.07) is 63.7. The molecule has 7 aromatic carbocycles. The van der Waals surface area contributed by atoms with Crippen molar-refractivity contribution in [1.82, 2.24) is 9.80 Å². The Morgan fingerprint density at radius 2 is 0.863 bits per heavy atom. The van der Waals surface area contributed by atoms with E-state index in [1.54, 1.807) is 0 Å². The van der Waals surface area contributed by atoms with E-state index in [1.165, 1.54) is 101 Å². The molecule has 2 saturated heterocycles. The van der Waals surface area contributed by atoms with E-state index in [0.29, 0.717) is 6.17 Å². The van der Waals surface area contributed by atoms with Crippen LogP contribution in [0.15, 0.2) is 176 Å². The van der Waals surface area contributed by atoms with Gasteiger partial charge >= 0.3 is 0 Å². The van der Waals surface area contributed by atoms with Crippen LogP contribution in [0.25, 0.3) is 21.5 Å². The van der Waals surface area contributed by atoms with Crippen LogP contribution in [0.3, 0.4) is 0 Å². The molecule has 2 heterocycles. The minimum absolute atomic E-state index is 0.643. The number of benzene rings is 7. The van der Waals surface area contributed by atoms with Crippen LogP contribution in [-0.4, -0.2) is 41.7 Å². The quantitative estimate of drug-likeness (QED) is 0.130. The van der Waals surface area contributed by atoms with E-state index in [9.17, 15) is 0 Å². The zero-order valence-electron chi connectivity index (χ0n) is 29.7. The van der Waals surface area contributed by atoms with Crippen molar-refractivity contribution in [3.8, 4) is 0 Å². The van der Waals surface area contributed by atoms with Gasteiger partial charge in [-0.1, -0.05) is 183 Å². The van der Waals surface area contributed by atoms with Gasteiger partial charge in [0.2, 0.25) is 0 Å². The maximum Gasteiger partial charge on any atom is 0.108 e. The normalized spacial score (nSPS) is 16.9. The van der Waals surface area contributed by atoms with E-state index < -0.39 is 6.15 Å².